The van der Waals surface area contributed by atoms with E-state index in [1.54, 1.807) is 11.8 Å². The van der Waals surface area contributed by atoms with Crippen molar-refractivity contribution in [3.8, 4) is 5.75 Å². The normalized spacial score (nSPS) is 10.2. The molecule has 0 aliphatic carbocycles. The third-order valence-corrected chi connectivity index (χ3v) is 2.83. The number of nitrogens with two attached hydrogens (primary N) is 1. The molecule has 0 amide bonds. The Balaban J connectivity index is 2.75. The Kier molecular flexibility index (Phi) is 4.62. The highest BCUT2D eigenvalue weighted by Crippen LogP contribution is 2.29. The van der Waals surface area contributed by atoms with Crippen molar-refractivity contribution < 1.29 is 4.74 Å². The van der Waals surface area contributed by atoms with Gasteiger partial charge in [-0.3, -0.25) is 0 Å². The van der Waals surface area contributed by atoms with E-state index in [1.807, 2.05) is 19.1 Å². The molecule has 0 unspecified atom stereocenters. The first-order chi connectivity index (χ1) is 6.65. The molecule has 1 aromatic carbocycles. The van der Waals surface area contributed by atoms with Gasteiger partial charge in [0.2, 0.25) is 0 Å². The van der Waals surface area contributed by atoms with E-state index in [9.17, 15) is 0 Å². The average molecular weight is 276 g/mol. The van der Waals surface area contributed by atoms with E-state index >= 15 is 0 Å². The number of hydrogen-bond donors (Lipinski definition) is 1. The van der Waals surface area contributed by atoms with Crippen LogP contribution in [0.3, 0.4) is 0 Å². The summed E-state index contributed by atoms with van der Waals surface area (Å²) >= 11 is 5.15. The Morgan fingerprint density at radius 2 is 2.21 bits per heavy atom. The van der Waals surface area contributed by atoms with Gasteiger partial charge in [0.15, 0.2) is 0 Å². The summed E-state index contributed by atoms with van der Waals surface area (Å²) in [6.45, 7) is 2.70. The zero-order chi connectivity index (χ0) is 10.6. The lowest BCUT2D eigenvalue weighted by Gasteiger charge is -2.11. The molecule has 0 fully saturated rings. The Morgan fingerprint density at radius 1 is 1.50 bits per heavy atom. The maximum Gasteiger partial charge on any atom is 0.145 e. The van der Waals surface area contributed by atoms with Crippen LogP contribution in [0.15, 0.2) is 16.6 Å². The highest BCUT2D eigenvalue weighted by molar-refractivity contribution is 9.10. The van der Waals surface area contributed by atoms with E-state index < -0.39 is 0 Å². The summed E-state index contributed by atoms with van der Waals surface area (Å²) in [5.41, 5.74) is 7.60. The molecule has 2 nitrogen and oxygen atoms in total. The fourth-order valence-electron chi connectivity index (χ4n) is 1.18. The summed E-state index contributed by atoms with van der Waals surface area (Å²) < 4.78 is 6.59. The summed E-state index contributed by atoms with van der Waals surface area (Å²) in [6.07, 6.45) is 2.06. The van der Waals surface area contributed by atoms with Crippen molar-refractivity contribution in [2.75, 3.05) is 24.3 Å². The lowest BCUT2D eigenvalue weighted by Crippen LogP contribution is -2.03. The molecule has 4 heteroatoms. The van der Waals surface area contributed by atoms with Crippen molar-refractivity contribution in [1.82, 2.24) is 0 Å². The standard InChI is InChI=1S/C10H14BrNOS/c1-7-5-8(11)6-9(12)10(7)13-3-4-14-2/h5-6H,3-4,12H2,1-2H3. The average Bonchev–Trinajstić information content (AvgIpc) is 2.09. The van der Waals surface area contributed by atoms with Gasteiger partial charge in [-0.15, -0.1) is 0 Å². The van der Waals surface area contributed by atoms with E-state index in [0.29, 0.717) is 12.3 Å². The monoisotopic (exact) mass is 275 g/mol. The molecule has 1 rings (SSSR count). The van der Waals surface area contributed by atoms with E-state index in [0.717, 1.165) is 21.5 Å². The summed E-state index contributed by atoms with van der Waals surface area (Å²) in [5.74, 6) is 1.79. The van der Waals surface area contributed by atoms with Gasteiger partial charge < -0.3 is 10.5 Å². The first-order valence-corrected chi connectivity index (χ1v) is 6.51. The second-order valence-electron chi connectivity index (χ2n) is 2.98. The molecule has 0 atom stereocenters. The van der Waals surface area contributed by atoms with Crippen LogP contribution >= 0.6 is 27.7 Å². The fraction of sp³-hybridized carbons (Fsp3) is 0.400. The number of nitrogen functional groups attached to an aromatic ring is 1. The highest BCUT2D eigenvalue weighted by Gasteiger charge is 2.05. The summed E-state index contributed by atoms with van der Waals surface area (Å²) in [6, 6.07) is 3.87. The Morgan fingerprint density at radius 3 is 2.79 bits per heavy atom. The molecule has 1 aromatic rings. The zero-order valence-electron chi connectivity index (χ0n) is 8.34. The smallest absolute Gasteiger partial charge is 0.145 e. The minimum atomic E-state index is 0.693. The maximum absolute atomic E-state index is 5.84. The van der Waals surface area contributed by atoms with Crippen molar-refractivity contribution >= 4 is 33.4 Å². The van der Waals surface area contributed by atoms with Crippen molar-refractivity contribution in [3.63, 3.8) is 0 Å². The van der Waals surface area contributed by atoms with Gasteiger partial charge in [-0.1, -0.05) is 15.9 Å². The summed E-state index contributed by atoms with van der Waals surface area (Å²) in [5, 5.41) is 0. The lowest BCUT2D eigenvalue weighted by molar-refractivity contribution is 0.343. The predicted octanol–water partition coefficient (Wildman–Crippen LogP) is 3.08. The Hall–Kier alpha value is -0.350. The third kappa shape index (κ3) is 3.10. The summed E-state index contributed by atoms with van der Waals surface area (Å²) in [7, 11) is 0. The number of rotatable bonds is 4. The largest absolute Gasteiger partial charge is 0.490 e. The Bertz CT molecular complexity index is 294. The van der Waals surface area contributed by atoms with Crippen LogP contribution < -0.4 is 10.5 Å². The van der Waals surface area contributed by atoms with Gasteiger partial charge in [-0.05, 0) is 30.9 Å². The van der Waals surface area contributed by atoms with Gasteiger partial charge >= 0.3 is 0 Å². The van der Waals surface area contributed by atoms with Gasteiger partial charge in [0, 0.05) is 10.2 Å². The maximum atomic E-state index is 5.84. The van der Waals surface area contributed by atoms with E-state index in [-0.39, 0.29) is 0 Å². The molecular weight excluding hydrogens is 262 g/mol. The molecule has 0 radical (unpaired) electrons. The van der Waals surface area contributed by atoms with Crippen LogP contribution in [0, 0.1) is 6.92 Å². The quantitative estimate of drug-likeness (QED) is 0.678. The number of hydrogen-bond acceptors (Lipinski definition) is 3. The van der Waals surface area contributed by atoms with Gasteiger partial charge in [-0.25, -0.2) is 0 Å². The predicted molar refractivity (Wildman–Crippen MR) is 67.2 cm³/mol. The topological polar surface area (TPSA) is 35.2 Å². The van der Waals surface area contributed by atoms with Crippen LogP contribution in [0.25, 0.3) is 0 Å². The van der Waals surface area contributed by atoms with Crippen LogP contribution in [0.1, 0.15) is 5.56 Å². The number of benzene rings is 1. The fourth-order valence-corrected chi connectivity index (χ4v) is 2.02. The van der Waals surface area contributed by atoms with Crippen LogP contribution in [0.5, 0.6) is 5.75 Å². The van der Waals surface area contributed by atoms with Gasteiger partial charge in [0.1, 0.15) is 5.75 Å². The number of anilines is 1. The van der Waals surface area contributed by atoms with Crippen molar-refractivity contribution in [3.05, 3.63) is 22.2 Å². The number of thioether (sulfide) groups is 1. The van der Waals surface area contributed by atoms with Crippen LogP contribution in [0.4, 0.5) is 5.69 Å². The molecular formula is C10H14BrNOS. The van der Waals surface area contributed by atoms with Crippen LogP contribution in [-0.4, -0.2) is 18.6 Å². The molecule has 0 saturated heterocycles. The van der Waals surface area contributed by atoms with Crippen LogP contribution in [-0.2, 0) is 0 Å². The van der Waals surface area contributed by atoms with E-state index in [1.165, 1.54) is 0 Å². The highest BCUT2D eigenvalue weighted by atomic mass is 79.9. The van der Waals surface area contributed by atoms with Crippen molar-refractivity contribution in [1.29, 1.82) is 0 Å². The van der Waals surface area contributed by atoms with Crippen molar-refractivity contribution in [2.45, 2.75) is 6.92 Å². The molecule has 2 N–H and O–H groups in total. The third-order valence-electron chi connectivity index (χ3n) is 1.80. The number of ether oxygens (including phenoxy) is 1. The Labute approximate surface area is 97.3 Å². The molecule has 0 spiro atoms. The summed E-state index contributed by atoms with van der Waals surface area (Å²) in [4.78, 5) is 0. The molecule has 0 bridgehead atoms. The number of halogens is 1. The van der Waals surface area contributed by atoms with Gasteiger partial charge in [0.25, 0.3) is 0 Å². The number of aryl methyl sites for hydroxylation is 1. The minimum Gasteiger partial charge on any atom is -0.490 e. The first-order valence-electron chi connectivity index (χ1n) is 4.32. The second-order valence-corrected chi connectivity index (χ2v) is 4.88. The van der Waals surface area contributed by atoms with Gasteiger partial charge in [0.05, 0.1) is 12.3 Å². The van der Waals surface area contributed by atoms with Crippen molar-refractivity contribution in [2.24, 2.45) is 0 Å². The molecule has 0 aromatic heterocycles. The zero-order valence-corrected chi connectivity index (χ0v) is 10.7. The molecule has 14 heavy (non-hydrogen) atoms. The minimum absolute atomic E-state index is 0.693. The van der Waals surface area contributed by atoms with E-state index in [4.69, 9.17) is 10.5 Å². The molecule has 0 aliphatic rings. The molecule has 0 aliphatic heterocycles. The molecule has 78 valence electrons. The molecule has 0 saturated carbocycles. The second kappa shape index (κ2) is 5.51. The van der Waals surface area contributed by atoms with E-state index in [2.05, 4.69) is 22.2 Å². The first kappa shape index (κ1) is 11.7. The SMILES string of the molecule is CSCCOc1c(C)cc(Br)cc1N. The van der Waals surface area contributed by atoms with Gasteiger partial charge in [-0.2, -0.15) is 11.8 Å². The molecule has 0 heterocycles. The lowest BCUT2D eigenvalue weighted by atomic mass is 10.2. The van der Waals surface area contributed by atoms with Crippen LogP contribution in [0.2, 0.25) is 0 Å².